The molecular weight excluding hydrogens is 286 g/mol. The van der Waals surface area contributed by atoms with E-state index in [1.807, 2.05) is 38.2 Å². The maximum Gasteiger partial charge on any atom is 0.235 e. The number of ether oxygens (including phenoxy) is 1. The van der Waals surface area contributed by atoms with E-state index in [9.17, 15) is 4.79 Å². The Morgan fingerprint density at radius 1 is 1.43 bits per heavy atom. The van der Waals surface area contributed by atoms with Crippen LogP contribution < -0.4 is 10.1 Å². The molecule has 21 heavy (non-hydrogen) atoms. The van der Waals surface area contributed by atoms with Crippen LogP contribution >= 0.6 is 11.8 Å². The molecule has 0 aliphatic carbocycles. The van der Waals surface area contributed by atoms with Crippen molar-refractivity contribution in [3.05, 3.63) is 41.1 Å². The van der Waals surface area contributed by atoms with E-state index in [2.05, 4.69) is 10.4 Å². The molecule has 0 saturated heterocycles. The van der Waals surface area contributed by atoms with Crippen molar-refractivity contribution in [3.8, 4) is 5.75 Å². The van der Waals surface area contributed by atoms with E-state index in [4.69, 9.17) is 4.74 Å². The summed E-state index contributed by atoms with van der Waals surface area (Å²) in [6.07, 6.45) is 0. The third-order valence-electron chi connectivity index (χ3n) is 3.59. The van der Waals surface area contributed by atoms with E-state index in [1.54, 1.807) is 23.6 Å². The molecular formula is C15H17N3O2S. The quantitative estimate of drug-likeness (QED) is 0.926. The molecule has 0 spiro atoms. The molecule has 6 heteroatoms. The van der Waals surface area contributed by atoms with Gasteiger partial charge in [0.05, 0.1) is 23.8 Å². The molecule has 1 N–H and O–H groups in total. The average molecular weight is 303 g/mol. The van der Waals surface area contributed by atoms with E-state index in [-0.39, 0.29) is 11.2 Å². The largest absolute Gasteiger partial charge is 0.496 e. The Kier molecular flexibility index (Phi) is 3.63. The first-order chi connectivity index (χ1) is 10.1. The van der Waals surface area contributed by atoms with Gasteiger partial charge in [-0.1, -0.05) is 18.2 Å². The molecule has 1 amide bonds. The number of hydrogen-bond acceptors (Lipinski definition) is 4. The lowest BCUT2D eigenvalue weighted by Crippen LogP contribution is -2.15. The van der Waals surface area contributed by atoms with Crippen molar-refractivity contribution in [2.45, 2.75) is 12.2 Å². The number of nitrogens with zero attached hydrogens (tertiary/aromatic N) is 2. The maximum atomic E-state index is 11.9. The van der Waals surface area contributed by atoms with E-state index in [0.717, 1.165) is 28.4 Å². The van der Waals surface area contributed by atoms with Gasteiger partial charge in [-0.3, -0.25) is 9.48 Å². The SMILES string of the molecule is COc1ccccc1C1SCC(=O)Nc2c1c(C)nn2C. The Balaban J connectivity index is 2.17. The van der Waals surface area contributed by atoms with Gasteiger partial charge in [-0.2, -0.15) is 5.10 Å². The highest BCUT2D eigenvalue weighted by molar-refractivity contribution is 8.00. The second-order valence-corrected chi connectivity index (χ2v) is 6.05. The number of benzene rings is 1. The molecule has 0 saturated carbocycles. The number of rotatable bonds is 2. The number of hydrogen-bond donors (Lipinski definition) is 1. The molecule has 1 aromatic heterocycles. The van der Waals surface area contributed by atoms with Gasteiger partial charge >= 0.3 is 0 Å². The Morgan fingerprint density at radius 2 is 2.19 bits per heavy atom. The van der Waals surface area contributed by atoms with E-state index in [1.165, 1.54) is 0 Å². The summed E-state index contributed by atoms with van der Waals surface area (Å²) >= 11 is 1.60. The number of para-hydroxylation sites is 1. The van der Waals surface area contributed by atoms with Crippen molar-refractivity contribution in [1.29, 1.82) is 0 Å². The third-order valence-corrected chi connectivity index (χ3v) is 4.84. The molecule has 3 rings (SSSR count). The van der Waals surface area contributed by atoms with E-state index in [0.29, 0.717) is 5.75 Å². The molecule has 1 unspecified atom stereocenters. The fourth-order valence-corrected chi connectivity index (χ4v) is 3.89. The fraction of sp³-hybridized carbons (Fsp3) is 0.333. The molecule has 2 aromatic rings. The number of thioether (sulfide) groups is 1. The minimum Gasteiger partial charge on any atom is -0.496 e. The van der Waals surface area contributed by atoms with Gasteiger partial charge in [0.25, 0.3) is 0 Å². The standard InChI is InChI=1S/C15H17N3O2S/c1-9-13-14(10-6-4-5-7-11(10)20-3)21-8-12(19)16-15(13)18(2)17-9/h4-7,14H,8H2,1-3H3,(H,16,19). The maximum absolute atomic E-state index is 11.9. The van der Waals surface area contributed by atoms with Gasteiger partial charge in [0.2, 0.25) is 5.91 Å². The summed E-state index contributed by atoms with van der Waals surface area (Å²) in [7, 11) is 3.52. The van der Waals surface area contributed by atoms with Gasteiger partial charge in [-0.25, -0.2) is 0 Å². The van der Waals surface area contributed by atoms with Crippen LogP contribution in [0.3, 0.4) is 0 Å². The van der Waals surface area contributed by atoms with Crippen LogP contribution in [0.2, 0.25) is 0 Å². The monoisotopic (exact) mass is 303 g/mol. The number of aromatic nitrogens is 2. The molecule has 1 aliphatic heterocycles. The zero-order valence-corrected chi connectivity index (χ0v) is 13.0. The van der Waals surface area contributed by atoms with Crippen molar-refractivity contribution in [3.63, 3.8) is 0 Å². The van der Waals surface area contributed by atoms with Crippen molar-refractivity contribution >= 4 is 23.5 Å². The summed E-state index contributed by atoms with van der Waals surface area (Å²) in [5.41, 5.74) is 3.05. The van der Waals surface area contributed by atoms with Gasteiger partial charge < -0.3 is 10.1 Å². The Hall–Kier alpha value is -1.95. The fourth-order valence-electron chi connectivity index (χ4n) is 2.68. The van der Waals surface area contributed by atoms with Crippen LogP contribution in [0, 0.1) is 6.92 Å². The van der Waals surface area contributed by atoms with Gasteiger partial charge in [-0.05, 0) is 13.0 Å². The number of anilines is 1. The number of fused-ring (bicyclic) bond motifs is 1. The van der Waals surface area contributed by atoms with E-state index >= 15 is 0 Å². The summed E-state index contributed by atoms with van der Waals surface area (Å²) in [5, 5.41) is 7.43. The van der Waals surface area contributed by atoms with Crippen molar-refractivity contribution in [1.82, 2.24) is 9.78 Å². The van der Waals surface area contributed by atoms with Crippen molar-refractivity contribution < 1.29 is 9.53 Å². The zero-order chi connectivity index (χ0) is 15.0. The van der Waals surface area contributed by atoms with Gasteiger partial charge in [0.15, 0.2) is 0 Å². The van der Waals surface area contributed by atoms with Crippen LogP contribution in [0.25, 0.3) is 0 Å². The number of carbonyl (C=O) groups excluding carboxylic acids is 1. The number of aryl methyl sites for hydroxylation is 2. The van der Waals surface area contributed by atoms with Gasteiger partial charge in [-0.15, -0.1) is 11.8 Å². The molecule has 0 fully saturated rings. The third kappa shape index (κ3) is 2.40. The Labute approximate surface area is 127 Å². The van der Waals surface area contributed by atoms with Gasteiger partial charge in [0.1, 0.15) is 11.6 Å². The molecule has 110 valence electrons. The molecule has 2 heterocycles. The van der Waals surface area contributed by atoms with Crippen molar-refractivity contribution in [2.75, 3.05) is 18.2 Å². The number of amides is 1. The summed E-state index contributed by atoms with van der Waals surface area (Å²) in [6, 6.07) is 7.93. The number of methoxy groups -OCH3 is 1. The second-order valence-electron chi connectivity index (χ2n) is 4.95. The zero-order valence-electron chi connectivity index (χ0n) is 12.2. The lowest BCUT2D eigenvalue weighted by atomic mass is 10.0. The number of nitrogens with one attached hydrogen (secondary N) is 1. The van der Waals surface area contributed by atoms with E-state index < -0.39 is 0 Å². The van der Waals surface area contributed by atoms with Crippen LogP contribution in [0.5, 0.6) is 5.75 Å². The lowest BCUT2D eigenvalue weighted by molar-refractivity contribution is -0.113. The highest BCUT2D eigenvalue weighted by atomic mass is 32.2. The van der Waals surface area contributed by atoms with Crippen LogP contribution in [-0.4, -0.2) is 28.6 Å². The molecule has 1 atom stereocenters. The lowest BCUT2D eigenvalue weighted by Gasteiger charge is -2.18. The normalized spacial score (nSPS) is 17.9. The average Bonchev–Trinajstić information content (AvgIpc) is 2.66. The molecule has 5 nitrogen and oxygen atoms in total. The van der Waals surface area contributed by atoms with Crippen LogP contribution in [-0.2, 0) is 11.8 Å². The summed E-state index contributed by atoms with van der Waals surface area (Å²) < 4.78 is 7.22. The topological polar surface area (TPSA) is 56.1 Å². The first-order valence-electron chi connectivity index (χ1n) is 6.69. The minimum absolute atomic E-state index is 0.00153. The summed E-state index contributed by atoms with van der Waals surface area (Å²) in [6.45, 7) is 1.97. The smallest absolute Gasteiger partial charge is 0.235 e. The first-order valence-corrected chi connectivity index (χ1v) is 7.74. The van der Waals surface area contributed by atoms with Crippen LogP contribution in [0.4, 0.5) is 5.82 Å². The molecule has 0 radical (unpaired) electrons. The van der Waals surface area contributed by atoms with Crippen LogP contribution in [0.1, 0.15) is 22.1 Å². The minimum atomic E-state index is 0.00153. The summed E-state index contributed by atoms with van der Waals surface area (Å²) in [4.78, 5) is 11.9. The molecule has 0 bridgehead atoms. The number of carbonyl (C=O) groups is 1. The van der Waals surface area contributed by atoms with Crippen molar-refractivity contribution in [2.24, 2.45) is 7.05 Å². The predicted octanol–water partition coefficient (Wildman–Crippen LogP) is 2.51. The van der Waals surface area contributed by atoms with Crippen LogP contribution in [0.15, 0.2) is 24.3 Å². The molecule has 1 aliphatic rings. The Morgan fingerprint density at radius 3 is 2.95 bits per heavy atom. The summed E-state index contributed by atoms with van der Waals surface area (Å²) in [5.74, 6) is 2.02. The molecule has 1 aromatic carbocycles. The van der Waals surface area contributed by atoms with Gasteiger partial charge in [0, 0.05) is 18.2 Å². The first kappa shape index (κ1) is 14.0. The highest BCUT2D eigenvalue weighted by Crippen LogP contribution is 2.45. The highest BCUT2D eigenvalue weighted by Gasteiger charge is 2.30. The Bertz CT molecular complexity index is 696. The second kappa shape index (κ2) is 5.44. The predicted molar refractivity (Wildman–Crippen MR) is 83.9 cm³/mol.